The molecule has 1 aliphatic rings. The molecule has 5 nitrogen and oxygen atoms in total. The van der Waals surface area contributed by atoms with E-state index in [1.165, 1.54) is 38.3 Å². The smallest absolute Gasteiger partial charge is 0.155 e. The van der Waals surface area contributed by atoms with Gasteiger partial charge in [-0.1, -0.05) is 17.7 Å². The molecule has 0 spiro atoms. The first-order valence-electron chi connectivity index (χ1n) is 8.66. The number of nitrogens with zero attached hydrogens (tertiary/aromatic N) is 2. The number of hydrogen-bond acceptors (Lipinski definition) is 5. The van der Waals surface area contributed by atoms with E-state index in [0.717, 1.165) is 40.8 Å². The molecule has 0 atom stereocenters. The van der Waals surface area contributed by atoms with E-state index in [2.05, 4.69) is 16.2 Å². The largest absolute Gasteiger partial charge is 0.512 e. The van der Waals surface area contributed by atoms with Gasteiger partial charge >= 0.3 is 0 Å². The zero-order chi connectivity index (χ0) is 18.5. The molecule has 3 aromatic heterocycles. The van der Waals surface area contributed by atoms with E-state index in [-0.39, 0.29) is 31.6 Å². The van der Waals surface area contributed by atoms with Crippen molar-refractivity contribution >= 4 is 16.8 Å². The van der Waals surface area contributed by atoms with Crippen LogP contribution in [0.25, 0.3) is 22.2 Å². The predicted molar refractivity (Wildman–Crippen MR) is 99.8 cm³/mol. The minimum atomic E-state index is -0.125. The average Bonchev–Trinajstić information content (AvgIpc) is 3.00. The van der Waals surface area contributed by atoms with Crippen LogP contribution in [0.5, 0.6) is 0 Å². The van der Waals surface area contributed by atoms with Crippen LogP contribution >= 0.6 is 0 Å². The van der Waals surface area contributed by atoms with Crippen molar-refractivity contribution in [1.82, 2.24) is 9.97 Å². The van der Waals surface area contributed by atoms with Crippen LogP contribution in [0.2, 0.25) is 0 Å². The van der Waals surface area contributed by atoms with Crippen LogP contribution in [0.4, 0.5) is 0 Å². The summed E-state index contributed by atoms with van der Waals surface area (Å²) in [7, 11) is 0. The van der Waals surface area contributed by atoms with Crippen LogP contribution in [0.15, 0.2) is 46.8 Å². The number of pyridine rings is 2. The fourth-order valence-electron chi connectivity index (χ4n) is 3.10. The SMILES string of the molecule is CC(=O)/C=C(/C)O.[Ir].[c-]1ncc2c3c(oc2c1-c1ccccn1)CCCC3. The van der Waals surface area contributed by atoms with Gasteiger partial charge in [0, 0.05) is 38.8 Å². The molecule has 1 aliphatic carbocycles. The molecule has 1 radical (unpaired) electrons. The van der Waals surface area contributed by atoms with E-state index in [4.69, 9.17) is 9.52 Å². The first kappa shape index (κ1) is 21.0. The number of hydrogen-bond donors (Lipinski definition) is 1. The van der Waals surface area contributed by atoms with Crippen LogP contribution in [0.1, 0.15) is 38.0 Å². The van der Waals surface area contributed by atoms with Crippen molar-refractivity contribution < 1.29 is 34.4 Å². The summed E-state index contributed by atoms with van der Waals surface area (Å²) in [4.78, 5) is 18.6. The predicted octanol–water partition coefficient (Wildman–Crippen LogP) is 4.60. The molecule has 3 aromatic rings. The molecule has 27 heavy (non-hydrogen) atoms. The number of carbonyl (C=O) groups is 1. The van der Waals surface area contributed by atoms with Crippen molar-refractivity contribution in [2.45, 2.75) is 39.5 Å². The summed E-state index contributed by atoms with van der Waals surface area (Å²) < 4.78 is 6.06. The monoisotopic (exact) mass is 542 g/mol. The molecule has 0 saturated carbocycles. The van der Waals surface area contributed by atoms with Crippen molar-refractivity contribution in [2.75, 3.05) is 0 Å². The van der Waals surface area contributed by atoms with Crippen LogP contribution in [-0.2, 0) is 37.7 Å². The summed E-state index contributed by atoms with van der Waals surface area (Å²) >= 11 is 0. The molecule has 0 amide bonds. The summed E-state index contributed by atoms with van der Waals surface area (Å²) in [5.41, 5.74) is 3.96. The molecular formula is C21H21IrN2O3-. The van der Waals surface area contributed by atoms with Crippen molar-refractivity contribution in [3.05, 3.63) is 59.9 Å². The Morgan fingerprint density at radius 1 is 1.26 bits per heavy atom. The van der Waals surface area contributed by atoms with Crippen molar-refractivity contribution in [2.24, 2.45) is 0 Å². The molecule has 4 rings (SSSR count). The third-order valence-electron chi connectivity index (χ3n) is 4.14. The molecular weight excluding hydrogens is 520 g/mol. The first-order chi connectivity index (χ1) is 12.6. The number of rotatable bonds is 2. The zero-order valence-electron chi connectivity index (χ0n) is 15.3. The number of ketones is 1. The number of aliphatic hydroxyl groups is 1. The summed E-state index contributed by atoms with van der Waals surface area (Å²) in [6, 6.07) is 5.84. The van der Waals surface area contributed by atoms with Gasteiger partial charge in [-0.15, -0.1) is 0 Å². The van der Waals surface area contributed by atoms with E-state index in [1.807, 2.05) is 24.4 Å². The van der Waals surface area contributed by atoms with E-state index in [0.29, 0.717) is 0 Å². The van der Waals surface area contributed by atoms with Crippen LogP contribution in [0, 0.1) is 6.20 Å². The fourth-order valence-corrected chi connectivity index (χ4v) is 3.10. The Labute approximate surface area is 171 Å². The Balaban J connectivity index is 0.000000285. The van der Waals surface area contributed by atoms with Gasteiger partial charge in [-0.25, -0.2) is 0 Å². The molecule has 1 N–H and O–H groups in total. The van der Waals surface area contributed by atoms with Gasteiger partial charge in [-0.2, -0.15) is 0 Å². The van der Waals surface area contributed by atoms with Crippen molar-refractivity contribution in [3.8, 4) is 11.3 Å². The molecule has 0 saturated heterocycles. The normalized spacial score (nSPS) is 13.2. The third kappa shape index (κ3) is 5.12. The minimum absolute atomic E-state index is 0. The number of carbonyl (C=O) groups excluding carboxylic acids is 1. The quantitative estimate of drug-likeness (QED) is 0.292. The second-order valence-corrected chi connectivity index (χ2v) is 6.31. The minimum Gasteiger partial charge on any atom is -0.512 e. The van der Waals surface area contributed by atoms with E-state index < -0.39 is 0 Å². The van der Waals surface area contributed by atoms with Gasteiger partial charge in [-0.05, 0) is 68.2 Å². The Morgan fingerprint density at radius 3 is 2.67 bits per heavy atom. The van der Waals surface area contributed by atoms with Gasteiger partial charge in [0.15, 0.2) is 5.78 Å². The molecule has 6 heteroatoms. The van der Waals surface area contributed by atoms with Crippen LogP contribution in [0.3, 0.4) is 0 Å². The van der Waals surface area contributed by atoms with Gasteiger partial charge in [0.05, 0.1) is 17.1 Å². The van der Waals surface area contributed by atoms with E-state index in [1.54, 1.807) is 6.20 Å². The molecule has 143 valence electrons. The molecule has 0 unspecified atom stereocenters. The number of fused-ring (bicyclic) bond motifs is 3. The Bertz CT molecular complexity index is 945. The van der Waals surface area contributed by atoms with Gasteiger partial charge in [0.25, 0.3) is 0 Å². The number of allylic oxidation sites excluding steroid dienone is 2. The molecule has 3 heterocycles. The molecule has 0 fully saturated rings. The summed E-state index contributed by atoms with van der Waals surface area (Å²) in [6.07, 6.45) is 12.4. The Kier molecular flexibility index (Phi) is 7.45. The number of aromatic nitrogens is 2. The van der Waals surface area contributed by atoms with Gasteiger partial charge < -0.3 is 19.5 Å². The molecule has 0 bridgehead atoms. The van der Waals surface area contributed by atoms with Crippen LogP contribution < -0.4 is 0 Å². The maximum absolute atomic E-state index is 10.0. The third-order valence-corrected chi connectivity index (χ3v) is 4.14. The second-order valence-electron chi connectivity index (χ2n) is 6.31. The van der Waals surface area contributed by atoms with Gasteiger partial charge in [-0.3, -0.25) is 4.79 Å². The van der Waals surface area contributed by atoms with Gasteiger partial charge in [0.2, 0.25) is 0 Å². The van der Waals surface area contributed by atoms with Gasteiger partial charge in [0.1, 0.15) is 0 Å². The molecule has 0 aromatic carbocycles. The number of aryl methyl sites for hydroxylation is 2. The van der Waals surface area contributed by atoms with Crippen molar-refractivity contribution in [1.29, 1.82) is 0 Å². The Morgan fingerprint density at radius 2 is 2.04 bits per heavy atom. The average molecular weight is 542 g/mol. The molecule has 0 aliphatic heterocycles. The first-order valence-corrected chi connectivity index (χ1v) is 8.66. The summed E-state index contributed by atoms with van der Waals surface area (Å²) in [5, 5.41) is 9.50. The second kappa shape index (κ2) is 9.58. The standard InChI is InChI=1S/C16H13N2O.C5H8O2.Ir/c1-2-7-15-11(5-1)12-9-17-10-13(16(12)19-15)14-6-3-4-8-18-14;1-4(6)3-5(2)7;/h3-4,6,8-9H,1-2,5,7H2;3,6H,1-2H3;/q-1;;/b;4-3-;. The van der Waals surface area contributed by atoms with Crippen LogP contribution in [-0.4, -0.2) is 20.9 Å². The number of aliphatic hydroxyl groups excluding tert-OH is 1. The number of furan rings is 1. The maximum Gasteiger partial charge on any atom is 0.155 e. The topological polar surface area (TPSA) is 76.2 Å². The van der Waals surface area contributed by atoms with E-state index >= 15 is 0 Å². The summed E-state index contributed by atoms with van der Waals surface area (Å²) in [6.45, 7) is 2.85. The Hall–Kier alpha value is -2.30. The fraction of sp³-hybridized carbons (Fsp3) is 0.286. The summed E-state index contributed by atoms with van der Waals surface area (Å²) in [5.74, 6) is 1.06. The zero-order valence-corrected chi connectivity index (χ0v) is 17.7. The van der Waals surface area contributed by atoms with Crippen molar-refractivity contribution in [3.63, 3.8) is 0 Å². The maximum atomic E-state index is 10.0. The van der Waals surface area contributed by atoms with E-state index in [9.17, 15) is 4.79 Å².